The molecule has 30 heavy (non-hydrogen) atoms. The summed E-state index contributed by atoms with van der Waals surface area (Å²) in [5, 5.41) is 3.06. The van der Waals surface area contributed by atoms with E-state index in [0.717, 1.165) is 56.8 Å². The molecule has 6 heteroatoms. The first kappa shape index (κ1) is 20.3. The number of amides is 1. The minimum atomic E-state index is -0.00776. The minimum absolute atomic E-state index is 0.00776. The molecule has 0 saturated carbocycles. The van der Waals surface area contributed by atoms with Gasteiger partial charge in [0.2, 0.25) is 0 Å². The Kier molecular flexibility index (Phi) is 6.54. The van der Waals surface area contributed by atoms with Crippen molar-refractivity contribution in [2.24, 2.45) is 0 Å². The number of fused-ring (bicyclic) bond motifs is 1. The molecule has 1 aliphatic heterocycles. The van der Waals surface area contributed by atoms with Crippen molar-refractivity contribution in [2.75, 3.05) is 51.3 Å². The summed E-state index contributed by atoms with van der Waals surface area (Å²) in [6.07, 6.45) is 4.00. The second-order valence-electron chi connectivity index (χ2n) is 7.68. The van der Waals surface area contributed by atoms with Gasteiger partial charge in [-0.1, -0.05) is 18.2 Å². The first-order valence-electron chi connectivity index (χ1n) is 10.7. The van der Waals surface area contributed by atoms with Crippen molar-refractivity contribution in [3.05, 3.63) is 66.5 Å². The van der Waals surface area contributed by atoms with Crippen LogP contribution in [0.4, 0.5) is 5.69 Å². The van der Waals surface area contributed by atoms with Gasteiger partial charge < -0.3 is 19.4 Å². The summed E-state index contributed by atoms with van der Waals surface area (Å²) in [6, 6.07) is 18.0. The number of benzene rings is 1. The molecular weight excluding hydrogens is 376 g/mol. The Morgan fingerprint density at radius 2 is 1.77 bits per heavy atom. The highest BCUT2D eigenvalue weighted by molar-refractivity contribution is 5.93. The van der Waals surface area contributed by atoms with Gasteiger partial charge in [0.25, 0.3) is 5.91 Å². The summed E-state index contributed by atoms with van der Waals surface area (Å²) in [4.78, 5) is 17.4. The molecule has 1 saturated heterocycles. The molecule has 1 aliphatic rings. The number of ether oxygens (including phenoxy) is 1. The molecule has 0 bridgehead atoms. The number of piperazine rings is 1. The number of methoxy groups -OCH3 is 1. The number of hydrogen-bond acceptors (Lipinski definition) is 4. The first-order valence-corrected chi connectivity index (χ1v) is 10.7. The zero-order valence-electron chi connectivity index (χ0n) is 17.6. The number of carbonyl (C=O) groups excluding carboxylic acids is 1. The Morgan fingerprint density at radius 1 is 0.967 bits per heavy atom. The molecule has 1 amide bonds. The second-order valence-corrected chi connectivity index (χ2v) is 7.68. The second kappa shape index (κ2) is 9.67. The quantitative estimate of drug-likeness (QED) is 0.584. The summed E-state index contributed by atoms with van der Waals surface area (Å²) >= 11 is 0. The van der Waals surface area contributed by atoms with E-state index in [1.807, 2.05) is 53.1 Å². The molecule has 0 spiro atoms. The molecule has 3 aromatic rings. The lowest BCUT2D eigenvalue weighted by atomic mass is 10.2. The van der Waals surface area contributed by atoms with Crippen LogP contribution in [-0.2, 0) is 0 Å². The highest BCUT2D eigenvalue weighted by Crippen LogP contribution is 2.28. The van der Waals surface area contributed by atoms with Crippen molar-refractivity contribution in [2.45, 2.75) is 12.8 Å². The van der Waals surface area contributed by atoms with Crippen LogP contribution in [0.3, 0.4) is 0 Å². The third kappa shape index (κ3) is 4.60. The van der Waals surface area contributed by atoms with Crippen molar-refractivity contribution in [1.29, 1.82) is 0 Å². The molecular formula is C24H30N4O2. The fraction of sp³-hybridized carbons (Fsp3) is 0.375. The van der Waals surface area contributed by atoms with Crippen molar-refractivity contribution in [1.82, 2.24) is 14.6 Å². The first-order chi connectivity index (χ1) is 14.8. The predicted molar refractivity (Wildman–Crippen MR) is 121 cm³/mol. The van der Waals surface area contributed by atoms with Gasteiger partial charge >= 0.3 is 0 Å². The number of aromatic nitrogens is 1. The zero-order chi connectivity index (χ0) is 20.8. The number of rotatable bonds is 8. The molecule has 0 aliphatic carbocycles. The molecule has 2 aromatic heterocycles. The van der Waals surface area contributed by atoms with Gasteiger partial charge in [0.15, 0.2) is 0 Å². The third-order valence-corrected chi connectivity index (χ3v) is 5.78. The van der Waals surface area contributed by atoms with E-state index in [1.54, 1.807) is 7.11 Å². The van der Waals surface area contributed by atoms with Gasteiger partial charge in [-0.3, -0.25) is 9.69 Å². The van der Waals surface area contributed by atoms with Crippen LogP contribution < -0.4 is 15.0 Å². The van der Waals surface area contributed by atoms with Gasteiger partial charge in [-0.25, -0.2) is 0 Å². The smallest absolute Gasteiger partial charge is 0.268 e. The maximum absolute atomic E-state index is 12.4. The lowest BCUT2D eigenvalue weighted by Gasteiger charge is -2.36. The Labute approximate surface area is 178 Å². The summed E-state index contributed by atoms with van der Waals surface area (Å²) in [6.45, 7) is 5.92. The molecule has 158 valence electrons. The normalized spacial score (nSPS) is 14.8. The lowest BCUT2D eigenvalue weighted by molar-refractivity contribution is 0.0946. The van der Waals surface area contributed by atoms with Crippen molar-refractivity contribution in [3.63, 3.8) is 0 Å². The van der Waals surface area contributed by atoms with Crippen molar-refractivity contribution < 1.29 is 9.53 Å². The van der Waals surface area contributed by atoms with E-state index in [1.165, 1.54) is 5.69 Å². The summed E-state index contributed by atoms with van der Waals surface area (Å²) < 4.78 is 7.42. The van der Waals surface area contributed by atoms with Crippen LogP contribution in [0.2, 0.25) is 0 Å². The van der Waals surface area contributed by atoms with Crippen LogP contribution in [0.5, 0.6) is 5.75 Å². The molecule has 0 radical (unpaired) electrons. The maximum Gasteiger partial charge on any atom is 0.268 e. The van der Waals surface area contributed by atoms with E-state index >= 15 is 0 Å². The molecule has 1 fully saturated rings. The number of nitrogens with zero attached hydrogens (tertiary/aromatic N) is 3. The molecule has 1 N–H and O–H groups in total. The highest BCUT2D eigenvalue weighted by Gasteiger charge is 2.19. The van der Waals surface area contributed by atoms with Crippen LogP contribution in [0.15, 0.2) is 60.8 Å². The van der Waals surface area contributed by atoms with Gasteiger partial charge in [-0.05, 0) is 55.8 Å². The molecule has 0 atom stereocenters. The van der Waals surface area contributed by atoms with E-state index in [0.29, 0.717) is 12.2 Å². The van der Waals surface area contributed by atoms with Crippen LogP contribution in [-0.4, -0.2) is 61.6 Å². The van der Waals surface area contributed by atoms with Gasteiger partial charge in [-0.2, -0.15) is 0 Å². The Hall–Kier alpha value is -2.99. The molecule has 3 heterocycles. The van der Waals surface area contributed by atoms with E-state index in [2.05, 4.69) is 27.2 Å². The summed E-state index contributed by atoms with van der Waals surface area (Å²) in [5.41, 5.74) is 2.91. The van der Waals surface area contributed by atoms with E-state index < -0.39 is 0 Å². The van der Waals surface area contributed by atoms with Crippen LogP contribution in [0, 0.1) is 0 Å². The minimum Gasteiger partial charge on any atom is -0.495 e. The van der Waals surface area contributed by atoms with Gasteiger partial charge in [-0.15, -0.1) is 0 Å². The van der Waals surface area contributed by atoms with Crippen LogP contribution >= 0.6 is 0 Å². The van der Waals surface area contributed by atoms with Gasteiger partial charge in [0.1, 0.15) is 11.4 Å². The molecule has 1 aromatic carbocycles. The number of unbranched alkanes of at least 4 members (excludes halogenated alkanes) is 1. The van der Waals surface area contributed by atoms with Crippen LogP contribution in [0.1, 0.15) is 23.3 Å². The van der Waals surface area contributed by atoms with E-state index in [9.17, 15) is 4.79 Å². The average Bonchev–Trinajstić information content (AvgIpc) is 3.23. The standard InChI is InChI=1S/C24H30N4O2/c1-30-23-10-3-2-9-21(23)27-18-16-26(17-19-27)14-7-5-13-25-24(29)22-12-11-20-8-4-6-15-28(20)22/h2-4,6,8-12,15H,5,7,13-14,16-19H2,1H3,(H,25,29). The lowest BCUT2D eigenvalue weighted by Crippen LogP contribution is -2.46. The SMILES string of the molecule is COc1ccccc1N1CCN(CCCCNC(=O)c2ccc3ccccn23)CC1. The summed E-state index contributed by atoms with van der Waals surface area (Å²) in [5.74, 6) is 0.934. The number of carbonyl (C=O) groups is 1. The molecule has 4 rings (SSSR count). The number of para-hydroxylation sites is 2. The fourth-order valence-electron chi connectivity index (χ4n) is 4.10. The Bertz CT molecular complexity index is 976. The average molecular weight is 407 g/mol. The maximum atomic E-state index is 12.4. The number of hydrogen-bond donors (Lipinski definition) is 1. The van der Waals surface area contributed by atoms with E-state index in [4.69, 9.17) is 4.74 Å². The number of anilines is 1. The number of nitrogens with one attached hydrogen (secondary N) is 1. The largest absolute Gasteiger partial charge is 0.495 e. The predicted octanol–water partition coefficient (Wildman–Crippen LogP) is 3.28. The Balaban J connectivity index is 1.16. The zero-order valence-corrected chi connectivity index (χ0v) is 17.6. The van der Waals surface area contributed by atoms with Gasteiger partial charge in [0.05, 0.1) is 12.8 Å². The summed E-state index contributed by atoms with van der Waals surface area (Å²) in [7, 11) is 1.73. The fourth-order valence-corrected chi connectivity index (χ4v) is 4.10. The van der Waals surface area contributed by atoms with Crippen LogP contribution in [0.25, 0.3) is 5.52 Å². The molecule has 6 nitrogen and oxygen atoms in total. The topological polar surface area (TPSA) is 49.2 Å². The van der Waals surface area contributed by atoms with Gasteiger partial charge in [0, 0.05) is 44.4 Å². The Morgan fingerprint density at radius 3 is 2.60 bits per heavy atom. The number of pyridine rings is 1. The van der Waals surface area contributed by atoms with Crippen molar-refractivity contribution in [3.8, 4) is 5.75 Å². The third-order valence-electron chi connectivity index (χ3n) is 5.78. The monoisotopic (exact) mass is 406 g/mol. The van der Waals surface area contributed by atoms with E-state index in [-0.39, 0.29) is 5.91 Å². The molecule has 0 unspecified atom stereocenters. The van der Waals surface area contributed by atoms with Crippen molar-refractivity contribution >= 4 is 17.1 Å². The highest BCUT2D eigenvalue weighted by atomic mass is 16.5.